The van der Waals surface area contributed by atoms with E-state index < -0.39 is 16.1 Å². The predicted octanol–water partition coefficient (Wildman–Crippen LogP) is 4.34. The number of rotatable bonds is 7. The molecule has 176 valence electrons. The minimum Gasteiger partial charge on any atom is -0.496 e. The molecule has 0 radical (unpaired) electrons. The van der Waals surface area contributed by atoms with Crippen LogP contribution in [-0.4, -0.2) is 39.1 Å². The lowest BCUT2D eigenvalue weighted by molar-refractivity contribution is -0.117. The first-order valence-corrected chi connectivity index (χ1v) is 12.0. The summed E-state index contributed by atoms with van der Waals surface area (Å²) < 4.78 is 35.3. The number of methoxy groups -OCH3 is 1. The Morgan fingerprint density at radius 2 is 1.74 bits per heavy atom. The summed E-state index contributed by atoms with van der Waals surface area (Å²) in [4.78, 5) is 25.6. The molecular formula is C24H20ClNO7S. The van der Waals surface area contributed by atoms with E-state index >= 15 is 0 Å². The summed E-state index contributed by atoms with van der Waals surface area (Å²) in [5, 5.41) is 9.67. The zero-order valence-electron chi connectivity index (χ0n) is 18.0. The Balaban J connectivity index is 1.49. The van der Waals surface area contributed by atoms with Gasteiger partial charge in [0.2, 0.25) is 5.91 Å². The Hall–Kier alpha value is -3.56. The maximum Gasteiger partial charge on any atom is 0.339 e. The van der Waals surface area contributed by atoms with E-state index in [1.165, 1.54) is 49.6 Å². The summed E-state index contributed by atoms with van der Waals surface area (Å²) >= 11 is 5.80. The number of amides is 1. The van der Waals surface area contributed by atoms with Crippen molar-refractivity contribution in [3.63, 3.8) is 0 Å². The molecule has 0 bridgehead atoms. The molecule has 34 heavy (non-hydrogen) atoms. The molecule has 1 N–H and O–H groups in total. The van der Waals surface area contributed by atoms with Crippen LogP contribution in [0.5, 0.6) is 11.5 Å². The Labute approximate surface area is 201 Å². The highest BCUT2D eigenvalue weighted by atomic mass is 35.5. The number of carboxylic acid groups (broad SMARTS) is 1. The highest BCUT2D eigenvalue weighted by Gasteiger charge is 2.32. The lowest BCUT2D eigenvalue weighted by atomic mass is 9.96. The molecule has 1 atom stereocenters. The largest absolute Gasteiger partial charge is 0.496 e. The maximum absolute atomic E-state index is 12.7. The van der Waals surface area contributed by atoms with Crippen LogP contribution < -0.4 is 13.8 Å². The minimum atomic E-state index is -4.03. The molecule has 0 aromatic heterocycles. The number of anilines is 1. The second kappa shape index (κ2) is 9.36. The SMILES string of the molecule is COc1cc(C2CC(=O)N(c3ccc(OS(=O)(=O)c4ccc(Cl)cc4)cc3)C2)ccc1C(=O)O. The van der Waals surface area contributed by atoms with Crippen molar-refractivity contribution in [2.24, 2.45) is 0 Å². The number of halogens is 1. The summed E-state index contributed by atoms with van der Waals surface area (Å²) in [7, 11) is -2.63. The number of hydrogen-bond donors (Lipinski definition) is 1. The maximum atomic E-state index is 12.7. The van der Waals surface area contributed by atoms with Crippen molar-refractivity contribution in [1.82, 2.24) is 0 Å². The number of carbonyl (C=O) groups excluding carboxylic acids is 1. The van der Waals surface area contributed by atoms with E-state index in [0.29, 0.717) is 17.3 Å². The van der Waals surface area contributed by atoms with Gasteiger partial charge in [-0.05, 0) is 66.2 Å². The molecule has 1 unspecified atom stereocenters. The third-order valence-electron chi connectivity index (χ3n) is 5.51. The van der Waals surface area contributed by atoms with Gasteiger partial charge in [0.1, 0.15) is 22.0 Å². The van der Waals surface area contributed by atoms with Gasteiger partial charge in [0.15, 0.2) is 0 Å². The first kappa shape index (κ1) is 23.6. The van der Waals surface area contributed by atoms with E-state index in [1.807, 2.05) is 0 Å². The molecule has 0 aliphatic carbocycles. The molecule has 3 aromatic carbocycles. The fourth-order valence-corrected chi connectivity index (χ4v) is 4.83. The van der Waals surface area contributed by atoms with Crippen molar-refractivity contribution in [3.05, 3.63) is 82.9 Å². The Kier molecular flexibility index (Phi) is 6.49. The fraction of sp³-hybridized carbons (Fsp3) is 0.167. The van der Waals surface area contributed by atoms with Crippen molar-refractivity contribution in [3.8, 4) is 11.5 Å². The molecule has 10 heteroatoms. The fourth-order valence-electron chi connectivity index (χ4n) is 3.78. The smallest absolute Gasteiger partial charge is 0.339 e. The number of benzene rings is 3. The Bertz CT molecular complexity index is 1340. The van der Waals surface area contributed by atoms with Crippen LogP contribution in [0.25, 0.3) is 0 Å². The molecule has 4 rings (SSSR count). The third-order valence-corrected chi connectivity index (χ3v) is 7.02. The number of carbonyl (C=O) groups is 2. The topological polar surface area (TPSA) is 110 Å². The Morgan fingerprint density at radius 3 is 2.35 bits per heavy atom. The predicted molar refractivity (Wildman–Crippen MR) is 125 cm³/mol. The van der Waals surface area contributed by atoms with Gasteiger partial charge < -0.3 is 18.9 Å². The van der Waals surface area contributed by atoms with E-state index in [4.69, 9.17) is 20.5 Å². The first-order chi connectivity index (χ1) is 16.2. The molecule has 1 heterocycles. The molecule has 1 saturated heterocycles. The van der Waals surface area contributed by atoms with Crippen LogP contribution in [0.15, 0.2) is 71.6 Å². The first-order valence-electron chi connectivity index (χ1n) is 10.2. The van der Waals surface area contributed by atoms with Crippen molar-refractivity contribution < 1.29 is 32.0 Å². The van der Waals surface area contributed by atoms with Crippen LogP contribution >= 0.6 is 11.6 Å². The second-order valence-electron chi connectivity index (χ2n) is 7.66. The van der Waals surface area contributed by atoms with Gasteiger partial charge in [-0.2, -0.15) is 8.42 Å². The van der Waals surface area contributed by atoms with Gasteiger partial charge in [-0.25, -0.2) is 4.79 Å². The molecule has 0 saturated carbocycles. The van der Waals surface area contributed by atoms with E-state index in [2.05, 4.69) is 0 Å². The highest BCUT2D eigenvalue weighted by molar-refractivity contribution is 7.87. The molecule has 1 aliphatic rings. The summed E-state index contributed by atoms with van der Waals surface area (Å²) in [6, 6.07) is 16.6. The zero-order valence-corrected chi connectivity index (χ0v) is 19.5. The summed E-state index contributed by atoms with van der Waals surface area (Å²) in [6.45, 7) is 0.387. The van der Waals surface area contributed by atoms with E-state index in [-0.39, 0.29) is 40.2 Å². The quantitative estimate of drug-likeness (QED) is 0.479. The lowest BCUT2D eigenvalue weighted by Crippen LogP contribution is -2.24. The van der Waals surface area contributed by atoms with Crippen molar-refractivity contribution in [2.75, 3.05) is 18.6 Å². The summed E-state index contributed by atoms with van der Waals surface area (Å²) in [5.41, 5.74) is 1.45. The molecule has 3 aromatic rings. The number of hydrogen-bond acceptors (Lipinski definition) is 6. The van der Waals surface area contributed by atoms with E-state index in [1.54, 1.807) is 29.2 Å². The van der Waals surface area contributed by atoms with Gasteiger partial charge >= 0.3 is 16.1 Å². The molecular weight excluding hydrogens is 482 g/mol. The highest BCUT2D eigenvalue weighted by Crippen LogP contribution is 2.35. The lowest BCUT2D eigenvalue weighted by Gasteiger charge is -2.18. The molecule has 1 fully saturated rings. The summed E-state index contributed by atoms with van der Waals surface area (Å²) in [5.74, 6) is -0.998. The average Bonchev–Trinajstić information content (AvgIpc) is 3.20. The van der Waals surface area contributed by atoms with Crippen LogP contribution in [0.2, 0.25) is 5.02 Å². The van der Waals surface area contributed by atoms with Crippen molar-refractivity contribution in [1.29, 1.82) is 0 Å². The van der Waals surface area contributed by atoms with Crippen LogP contribution in [0.4, 0.5) is 5.69 Å². The zero-order chi connectivity index (χ0) is 24.5. The van der Waals surface area contributed by atoms with Crippen LogP contribution in [0.1, 0.15) is 28.3 Å². The van der Waals surface area contributed by atoms with E-state index in [0.717, 1.165) is 5.56 Å². The monoisotopic (exact) mass is 501 g/mol. The van der Waals surface area contributed by atoms with Gasteiger partial charge in [0.25, 0.3) is 0 Å². The number of aromatic carboxylic acids is 1. The molecule has 8 nitrogen and oxygen atoms in total. The summed E-state index contributed by atoms with van der Waals surface area (Å²) in [6.07, 6.45) is 0.249. The Morgan fingerprint density at radius 1 is 1.06 bits per heavy atom. The molecule has 1 amide bonds. The van der Waals surface area contributed by atoms with Gasteiger partial charge in [-0.3, -0.25) is 4.79 Å². The average molecular weight is 502 g/mol. The van der Waals surface area contributed by atoms with E-state index in [9.17, 15) is 23.1 Å². The van der Waals surface area contributed by atoms with Gasteiger partial charge in [0.05, 0.1) is 7.11 Å². The van der Waals surface area contributed by atoms with Crippen LogP contribution in [0, 0.1) is 0 Å². The number of carboxylic acids is 1. The molecule has 1 aliphatic heterocycles. The number of ether oxygens (including phenoxy) is 1. The van der Waals surface area contributed by atoms with Crippen molar-refractivity contribution in [2.45, 2.75) is 17.2 Å². The van der Waals surface area contributed by atoms with Gasteiger partial charge in [-0.15, -0.1) is 0 Å². The minimum absolute atomic E-state index is 0.0251. The third kappa shape index (κ3) is 4.85. The van der Waals surface area contributed by atoms with Gasteiger partial charge in [0, 0.05) is 29.6 Å². The van der Waals surface area contributed by atoms with Gasteiger partial charge in [-0.1, -0.05) is 17.7 Å². The number of nitrogens with zero attached hydrogens (tertiary/aromatic N) is 1. The van der Waals surface area contributed by atoms with Crippen LogP contribution in [0.3, 0.4) is 0 Å². The normalized spacial score (nSPS) is 15.9. The second-order valence-corrected chi connectivity index (χ2v) is 9.64. The van der Waals surface area contributed by atoms with Crippen LogP contribution in [-0.2, 0) is 14.9 Å². The van der Waals surface area contributed by atoms with Crippen molar-refractivity contribution >= 4 is 39.3 Å². The standard InChI is InChI=1S/C24H20ClNO7S/c1-32-22-12-15(2-11-21(22)24(28)29)16-13-23(27)26(14-16)18-5-7-19(8-6-18)33-34(30,31)20-9-3-17(25)4-10-20/h2-12,16H,13-14H2,1H3,(H,28,29). The molecule has 0 spiro atoms.